The molecule has 0 spiro atoms. The summed E-state index contributed by atoms with van der Waals surface area (Å²) in [5.41, 5.74) is 0.607. The maximum Gasteiger partial charge on any atom is 0.339 e. The average molecular weight is 408 g/mol. The highest BCUT2D eigenvalue weighted by molar-refractivity contribution is 9.10. The number of hydrogen-bond acceptors (Lipinski definition) is 5. The number of nitrogens with one attached hydrogen (secondary N) is 1. The number of esters is 1. The Kier molecular flexibility index (Phi) is 4.80. The molecule has 128 valence electrons. The highest BCUT2D eigenvalue weighted by Crippen LogP contribution is 2.28. The molecule has 1 heterocycles. The molecule has 25 heavy (non-hydrogen) atoms. The van der Waals surface area contributed by atoms with E-state index in [9.17, 15) is 18.8 Å². The van der Waals surface area contributed by atoms with Gasteiger partial charge in [-0.2, -0.15) is 0 Å². The average Bonchev–Trinajstić information content (AvgIpc) is 2.60. The molecule has 2 aromatic carbocycles. The van der Waals surface area contributed by atoms with Gasteiger partial charge in [-0.3, -0.25) is 9.59 Å². The maximum atomic E-state index is 13.2. The molecule has 8 heteroatoms. The van der Waals surface area contributed by atoms with Gasteiger partial charge in [-0.1, -0.05) is 0 Å². The standard InChI is InChI=1S/C17H11BrFNO5/c18-12-3-2-10(19)6-11(12)17(23)25-7-14(21)9-1-4-15-13(5-9)20-16(22)8-24-15/h1-6H,7-8H2,(H,20,22). The minimum atomic E-state index is -0.825. The summed E-state index contributed by atoms with van der Waals surface area (Å²) in [7, 11) is 0. The van der Waals surface area contributed by atoms with E-state index < -0.39 is 24.2 Å². The summed E-state index contributed by atoms with van der Waals surface area (Å²) in [5.74, 6) is -1.75. The van der Waals surface area contributed by atoms with Crippen molar-refractivity contribution >= 4 is 39.3 Å². The zero-order chi connectivity index (χ0) is 18.0. The van der Waals surface area contributed by atoms with Crippen LogP contribution in [0, 0.1) is 5.82 Å². The van der Waals surface area contributed by atoms with E-state index >= 15 is 0 Å². The lowest BCUT2D eigenvalue weighted by Gasteiger charge is -2.18. The molecule has 0 aromatic heterocycles. The summed E-state index contributed by atoms with van der Waals surface area (Å²) >= 11 is 3.12. The monoisotopic (exact) mass is 407 g/mol. The Morgan fingerprint density at radius 1 is 1.24 bits per heavy atom. The molecule has 0 saturated carbocycles. The molecule has 0 atom stereocenters. The summed E-state index contributed by atoms with van der Waals surface area (Å²) in [4.78, 5) is 35.5. The molecule has 2 aromatic rings. The highest BCUT2D eigenvalue weighted by atomic mass is 79.9. The van der Waals surface area contributed by atoms with Crippen molar-refractivity contribution in [2.75, 3.05) is 18.5 Å². The molecule has 6 nitrogen and oxygen atoms in total. The number of rotatable bonds is 4. The first-order valence-corrected chi connectivity index (χ1v) is 7.95. The summed E-state index contributed by atoms with van der Waals surface area (Å²) in [5, 5.41) is 2.59. The van der Waals surface area contributed by atoms with Crippen molar-refractivity contribution in [1.29, 1.82) is 0 Å². The van der Waals surface area contributed by atoms with Gasteiger partial charge >= 0.3 is 5.97 Å². The van der Waals surface area contributed by atoms with Gasteiger partial charge in [0.15, 0.2) is 19.0 Å². The van der Waals surface area contributed by atoms with Crippen LogP contribution in [0.4, 0.5) is 10.1 Å². The number of ketones is 1. The zero-order valence-electron chi connectivity index (χ0n) is 12.7. The Morgan fingerprint density at radius 3 is 2.84 bits per heavy atom. The number of halogens is 2. The highest BCUT2D eigenvalue weighted by Gasteiger charge is 2.19. The van der Waals surface area contributed by atoms with E-state index in [1.165, 1.54) is 24.3 Å². The van der Waals surface area contributed by atoms with Crippen LogP contribution in [0.3, 0.4) is 0 Å². The molecule has 0 radical (unpaired) electrons. The lowest BCUT2D eigenvalue weighted by atomic mass is 10.1. The molecule has 0 aliphatic carbocycles. The fourth-order valence-corrected chi connectivity index (χ4v) is 2.61. The minimum absolute atomic E-state index is 0.0149. The van der Waals surface area contributed by atoms with Crippen LogP contribution in [0.1, 0.15) is 20.7 Å². The van der Waals surface area contributed by atoms with E-state index in [1.807, 2.05) is 0 Å². The van der Waals surface area contributed by atoms with Crippen molar-refractivity contribution in [2.24, 2.45) is 0 Å². The number of anilines is 1. The van der Waals surface area contributed by atoms with E-state index in [-0.39, 0.29) is 23.6 Å². The van der Waals surface area contributed by atoms with Gasteiger partial charge in [0, 0.05) is 10.0 Å². The normalized spacial score (nSPS) is 12.6. The predicted molar refractivity (Wildman–Crippen MR) is 89.3 cm³/mol. The number of benzene rings is 2. The Morgan fingerprint density at radius 2 is 2.04 bits per heavy atom. The topological polar surface area (TPSA) is 81.7 Å². The second-order valence-electron chi connectivity index (χ2n) is 5.17. The van der Waals surface area contributed by atoms with Gasteiger partial charge in [0.05, 0.1) is 11.3 Å². The number of ether oxygens (including phenoxy) is 2. The first-order chi connectivity index (χ1) is 11.9. The first-order valence-electron chi connectivity index (χ1n) is 7.16. The fourth-order valence-electron chi connectivity index (χ4n) is 2.20. The maximum absolute atomic E-state index is 13.2. The molecule has 3 rings (SSSR count). The number of carbonyl (C=O) groups is 3. The van der Waals surface area contributed by atoms with Crippen molar-refractivity contribution in [2.45, 2.75) is 0 Å². The number of fused-ring (bicyclic) bond motifs is 1. The van der Waals surface area contributed by atoms with Crippen molar-refractivity contribution in [3.05, 3.63) is 57.8 Å². The Labute approximate surface area is 150 Å². The Balaban J connectivity index is 1.68. The van der Waals surface area contributed by atoms with Crippen LogP contribution in [0.5, 0.6) is 5.75 Å². The second kappa shape index (κ2) is 7.02. The molecule has 1 N–H and O–H groups in total. The lowest BCUT2D eigenvalue weighted by Crippen LogP contribution is -2.25. The quantitative estimate of drug-likeness (QED) is 0.622. The second-order valence-corrected chi connectivity index (χ2v) is 6.03. The number of carbonyl (C=O) groups excluding carboxylic acids is 3. The lowest BCUT2D eigenvalue weighted by molar-refractivity contribution is -0.118. The van der Waals surface area contributed by atoms with Crippen molar-refractivity contribution < 1.29 is 28.2 Å². The van der Waals surface area contributed by atoms with Crippen molar-refractivity contribution in [3.8, 4) is 5.75 Å². The van der Waals surface area contributed by atoms with Crippen molar-refractivity contribution in [3.63, 3.8) is 0 Å². The largest absolute Gasteiger partial charge is 0.482 e. The van der Waals surface area contributed by atoms with Gasteiger partial charge in [0.2, 0.25) is 0 Å². The van der Waals surface area contributed by atoms with Gasteiger partial charge in [0.1, 0.15) is 11.6 Å². The van der Waals surface area contributed by atoms with Crippen LogP contribution in [-0.4, -0.2) is 30.9 Å². The van der Waals surface area contributed by atoms with Crippen LogP contribution in [0.2, 0.25) is 0 Å². The van der Waals surface area contributed by atoms with Crippen molar-refractivity contribution in [1.82, 2.24) is 0 Å². The Hall–Kier alpha value is -2.74. The molecule has 0 saturated heterocycles. The summed E-state index contributed by atoms with van der Waals surface area (Å²) < 4.78 is 23.7. The van der Waals surface area contributed by atoms with E-state index in [2.05, 4.69) is 21.2 Å². The van der Waals surface area contributed by atoms with Crippen LogP contribution in [0.25, 0.3) is 0 Å². The van der Waals surface area contributed by atoms with Crippen LogP contribution < -0.4 is 10.1 Å². The summed E-state index contributed by atoms with van der Waals surface area (Å²) in [6.45, 7) is -0.601. The van der Waals surface area contributed by atoms with Gasteiger partial charge in [0.25, 0.3) is 5.91 Å². The first kappa shape index (κ1) is 17.1. The smallest absolute Gasteiger partial charge is 0.339 e. The minimum Gasteiger partial charge on any atom is -0.482 e. The molecular formula is C17H11BrFNO5. The molecule has 0 fully saturated rings. The van der Waals surface area contributed by atoms with Gasteiger partial charge in [-0.15, -0.1) is 0 Å². The van der Waals surface area contributed by atoms with Crippen LogP contribution in [-0.2, 0) is 9.53 Å². The Bertz CT molecular complexity index is 883. The number of Topliss-reactive ketones (excluding diaryl/α,β-unsaturated/α-hetero) is 1. The third-order valence-corrected chi connectivity index (χ3v) is 4.11. The molecular weight excluding hydrogens is 397 g/mol. The number of amides is 1. The van der Waals surface area contributed by atoms with E-state index in [0.717, 1.165) is 6.07 Å². The van der Waals surface area contributed by atoms with E-state index in [1.54, 1.807) is 6.07 Å². The molecule has 0 unspecified atom stereocenters. The van der Waals surface area contributed by atoms with E-state index in [0.29, 0.717) is 15.9 Å². The summed E-state index contributed by atoms with van der Waals surface area (Å²) in [6, 6.07) is 8.08. The third-order valence-electron chi connectivity index (χ3n) is 3.42. The third kappa shape index (κ3) is 3.85. The summed E-state index contributed by atoms with van der Waals surface area (Å²) in [6.07, 6.45) is 0. The predicted octanol–water partition coefficient (Wildman–Crippen LogP) is 2.96. The molecule has 1 aliphatic rings. The van der Waals surface area contributed by atoms with Crippen LogP contribution >= 0.6 is 15.9 Å². The number of hydrogen-bond donors (Lipinski definition) is 1. The molecule has 0 bridgehead atoms. The van der Waals surface area contributed by atoms with Crippen LogP contribution in [0.15, 0.2) is 40.9 Å². The van der Waals surface area contributed by atoms with E-state index in [4.69, 9.17) is 9.47 Å². The van der Waals surface area contributed by atoms with Gasteiger partial charge in [-0.05, 0) is 52.3 Å². The molecule has 1 aliphatic heterocycles. The molecule has 1 amide bonds. The zero-order valence-corrected chi connectivity index (χ0v) is 14.3. The SMILES string of the molecule is O=C1COc2ccc(C(=O)COC(=O)c3cc(F)ccc3Br)cc2N1. The van der Waals surface area contributed by atoms with Gasteiger partial charge in [-0.25, -0.2) is 9.18 Å². The fraction of sp³-hybridized carbons (Fsp3) is 0.118. The van der Waals surface area contributed by atoms with Gasteiger partial charge < -0.3 is 14.8 Å².